The van der Waals surface area contributed by atoms with Crippen LogP contribution < -0.4 is 5.43 Å². The van der Waals surface area contributed by atoms with Crippen molar-refractivity contribution in [3.8, 4) is 0 Å². The van der Waals surface area contributed by atoms with Gasteiger partial charge in [0.25, 0.3) is 5.91 Å². The molecule has 0 fully saturated rings. The minimum atomic E-state index is -3.50. The summed E-state index contributed by atoms with van der Waals surface area (Å²) in [6, 6.07) is 14.0. The minimum absolute atomic E-state index is 0.0655. The molecule has 1 unspecified atom stereocenters. The topological polar surface area (TPSA) is 122 Å². The van der Waals surface area contributed by atoms with Gasteiger partial charge in [-0.3, -0.25) is 10.2 Å². The summed E-state index contributed by atoms with van der Waals surface area (Å²) >= 11 is 3.23. The Balaban J connectivity index is 2.48. The third-order valence-electron chi connectivity index (χ3n) is 6.77. The average molecular weight is 688 g/mol. The molecule has 0 aliphatic carbocycles. The number of ether oxygens (including phenoxy) is 2. The van der Waals surface area contributed by atoms with E-state index in [1.807, 2.05) is 30.3 Å². The maximum Gasteiger partial charge on any atom is 0.428 e. The molecular weight excluding hydrogens is 643 g/mol. The lowest BCUT2D eigenvalue weighted by Gasteiger charge is -2.36. The molecule has 12 heteroatoms. The van der Waals surface area contributed by atoms with E-state index in [1.54, 1.807) is 40.7 Å². The van der Waals surface area contributed by atoms with Crippen LogP contribution in [-0.4, -0.2) is 67.9 Å². The van der Waals surface area contributed by atoms with Gasteiger partial charge in [-0.05, 0) is 66.6 Å². The molecule has 0 aromatic heterocycles. The molecule has 0 spiro atoms. The van der Waals surface area contributed by atoms with Gasteiger partial charge in [-0.25, -0.2) is 22.6 Å². The molecule has 2 amide bonds. The number of hydrogen-bond donors (Lipinski definition) is 2. The number of hydrogen-bond acceptors (Lipinski definition) is 7. The van der Waals surface area contributed by atoms with E-state index in [0.717, 1.165) is 10.6 Å². The van der Waals surface area contributed by atoms with Crippen molar-refractivity contribution in [1.82, 2.24) is 10.4 Å². The van der Waals surface area contributed by atoms with Gasteiger partial charge in [0.1, 0.15) is 16.8 Å². The number of hydrazine groups is 1. The number of aliphatic hydroxyl groups is 1. The van der Waals surface area contributed by atoms with E-state index in [-0.39, 0.29) is 41.2 Å². The summed E-state index contributed by atoms with van der Waals surface area (Å²) < 4.78 is 52.3. The van der Waals surface area contributed by atoms with Crippen molar-refractivity contribution >= 4 is 37.8 Å². The molecule has 1 atom stereocenters. The molecule has 240 valence electrons. The largest absolute Gasteiger partial charge is 0.442 e. The van der Waals surface area contributed by atoms with Crippen LogP contribution in [0.2, 0.25) is 0 Å². The van der Waals surface area contributed by atoms with Crippen LogP contribution in [0, 0.1) is 11.2 Å². The fourth-order valence-electron chi connectivity index (χ4n) is 4.76. The smallest absolute Gasteiger partial charge is 0.428 e. The fourth-order valence-corrected chi connectivity index (χ4v) is 6.88. The highest BCUT2D eigenvalue weighted by atomic mass is 79.9. The van der Waals surface area contributed by atoms with E-state index in [0.29, 0.717) is 12.8 Å². The molecule has 0 heterocycles. The van der Waals surface area contributed by atoms with Gasteiger partial charge in [-0.2, -0.15) is 0 Å². The molecule has 2 aromatic carbocycles. The van der Waals surface area contributed by atoms with Crippen molar-refractivity contribution in [3.63, 3.8) is 0 Å². The molecule has 9 nitrogen and oxygen atoms in total. The number of nitrogens with zero attached hydrogens (tertiary/aromatic N) is 1. The third kappa shape index (κ3) is 11.5. The van der Waals surface area contributed by atoms with Crippen molar-refractivity contribution in [2.75, 3.05) is 31.8 Å². The number of sulfone groups is 1. The Kier molecular flexibility index (Phi) is 13.2. The Hall–Kier alpha value is -2.54. The maximum absolute atomic E-state index is 15.8. The van der Waals surface area contributed by atoms with Crippen molar-refractivity contribution < 1.29 is 37.0 Å². The van der Waals surface area contributed by atoms with E-state index in [2.05, 4.69) is 21.4 Å². The molecule has 0 aliphatic heterocycles. The second-order valence-electron chi connectivity index (χ2n) is 12.5. The number of amides is 2. The van der Waals surface area contributed by atoms with E-state index in [4.69, 9.17) is 14.6 Å². The number of halogens is 2. The Labute approximate surface area is 263 Å². The SMILES string of the molecule is CN(NC(=O)C(CCCC(C)(C)CS(=O)(=O)CCO)(COCc1ccccc1)c1cccc(Br)c1F)C(=O)OC(C)(C)C. The van der Waals surface area contributed by atoms with Crippen LogP contribution in [0.3, 0.4) is 0 Å². The van der Waals surface area contributed by atoms with E-state index >= 15 is 4.39 Å². The predicted molar refractivity (Wildman–Crippen MR) is 167 cm³/mol. The van der Waals surface area contributed by atoms with Gasteiger partial charge < -0.3 is 14.6 Å². The highest BCUT2D eigenvalue weighted by Crippen LogP contribution is 2.38. The monoisotopic (exact) mass is 686 g/mol. The first-order valence-electron chi connectivity index (χ1n) is 14.1. The summed E-state index contributed by atoms with van der Waals surface area (Å²) in [5.74, 6) is -1.82. The fraction of sp³-hybridized carbons (Fsp3) is 0.548. The molecule has 0 radical (unpaired) electrons. The first-order valence-corrected chi connectivity index (χ1v) is 16.7. The van der Waals surface area contributed by atoms with Gasteiger partial charge in [-0.15, -0.1) is 0 Å². The predicted octanol–water partition coefficient (Wildman–Crippen LogP) is 5.54. The van der Waals surface area contributed by atoms with Gasteiger partial charge in [-0.1, -0.05) is 62.7 Å². The third-order valence-corrected chi connectivity index (χ3v) is 9.41. The standard InChI is InChI=1S/C31H44BrFN2O7S/c1-29(2,3)42-28(38)35(6)34-27(37)31(24-14-10-15-25(32)26(24)33,21-41-20-23-12-8-7-9-13-23)17-11-16-30(4,5)22-43(39,40)19-18-36/h7-10,12-15,36H,11,16-22H2,1-6H3,(H,34,37). The molecule has 0 saturated heterocycles. The van der Waals surface area contributed by atoms with Crippen LogP contribution in [0.5, 0.6) is 0 Å². The summed E-state index contributed by atoms with van der Waals surface area (Å²) in [5.41, 5.74) is 0.376. The van der Waals surface area contributed by atoms with Crippen molar-refractivity contribution in [2.45, 2.75) is 71.5 Å². The maximum atomic E-state index is 15.8. The first kappa shape index (κ1) is 36.7. The van der Waals surface area contributed by atoms with Gasteiger partial charge in [0.05, 0.1) is 35.8 Å². The number of carbonyl (C=O) groups excluding carboxylic acids is 2. The highest BCUT2D eigenvalue weighted by molar-refractivity contribution is 9.10. The molecule has 0 bridgehead atoms. The van der Waals surface area contributed by atoms with Crippen LogP contribution in [0.15, 0.2) is 53.0 Å². The lowest BCUT2D eigenvalue weighted by Crippen LogP contribution is -2.55. The first-order chi connectivity index (χ1) is 19.9. The van der Waals surface area contributed by atoms with Crippen LogP contribution in [0.1, 0.15) is 65.0 Å². The summed E-state index contributed by atoms with van der Waals surface area (Å²) in [6.45, 7) is 8.14. The molecule has 2 rings (SSSR count). The summed E-state index contributed by atoms with van der Waals surface area (Å²) in [6.07, 6.45) is -0.0219. The van der Waals surface area contributed by atoms with Crippen molar-refractivity contribution in [1.29, 1.82) is 0 Å². The summed E-state index contributed by atoms with van der Waals surface area (Å²) in [7, 11) is -2.16. The van der Waals surface area contributed by atoms with E-state index in [1.165, 1.54) is 19.2 Å². The molecule has 0 aliphatic rings. The molecule has 2 aromatic rings. The van der Waals surface area contributed by atoms with Gasteiger partial charge in [0.2, 0.25) is 0 Å². The quantitative estimate of drug-likeness (QED) is 0.250. The Morgan fingerprint density at radius 2 is 1.67 bits per heavy atom. The lowest BCUT2D eigenvalue weighted by atomic mass is 9.74. The normalized spacial score (nSPS) is 13.7. The second-order valence-corrected chi connectivity index (χ2v) is 15.5. The average Bonchev–Trinajstić information content (AvgIpc) is 2.88. The summed E-state index contributed by atoms with van der Waals surface area (Å²) in [5, 5.41) is 10.1. The van der Waals surface area contributed by atoms with Crippen molar-refractivity contribution in [3.05, 3.63) is 69.9 Å². The number of rotatable bonds is 14. The minimum Gasteiger partial charge on any atom is -0.442 e. The molecule has 2 N–H and O–H groups in total. The zero-order chi connectivity index (χ0) is 32.5. The Morgan fingerprint density at radius 1 is 1.02 bits per heavy atom. The van der Waals surface area contributed by atoms with Crippen LogP contribution in [0.4, 0.5) is 9.18 Å². The molecular formula is C31H44BrFN2O7S. The van der Waals surface area contributed by atoms with Gasteiger partial charge >= 0.3 is 6.09 Å². The molecule has 0 saturated carbocycles. The Morgan fingerprint density at radius 3 is 2.28 bits per heavy atom. The Bertz CT molecular complexity index is 1330. The van der Waals surface area contributed by atoms with Crippen LogP contribution >= 0.6 is 15.9 Å². The van der Waals surface area contributed by atoms with E-state index < -0.39 is 50.7 Å². The van der Waals surface area contributed by atoms with Crippen LogP contribution in [-0.2, 0) is 36.1 Å². The summed E-state index contributed by atoms with van der Waals surface area (Å²) in [4.78, 5) is 26.9. The van der Waals surface area contributed by atoms with Crippen LogP contribution in [0.25, 0.3) is 0 Å². The van der Waals surface area contributed by atoms with E-state index in [9.17, 15) is 18.0 Å². The van der Waals surface area contributed by atoms with Gasteiger partial charge in [0.15, 0.2) is 9.84 Å². The van der Waals surface area contributed by atoms with Gasteiger partial charge in [0, 0.05) is 12.6 Å². The lowest BCUT2D eigenvalue weighted by molar-refractivity contribution is -0.134. The highest BCUT2D eigenvalue weighted by Gasteiger charge is 2.44. The number of benzene rings is 2. The zero-order valence-corrected chi connectivity index (χ0v) is 28.2. The zero-order valence-electron chi connectivity index (χ0n) is 25.8. The second kappa shape index (κ2) is 15.5. The molecule has 43 heavy (non-hydrogen) atoms. The number of aliphatic hydroxyl groups excluding tert-OH is 1. The number of nitrogens with one attached hydrogen (secondary N) is 1. The number of carbonyl (C=O) groups is 2. The van der Waals surface area contributed by atoms with Crippen molar-refractivity contribution in [2.24, 2.45) is 5.41 Å².